The molecule has 0 aromatic carbocycles. The van der Waals surface area contributed by atoms with E-state index >= 15 is 0 Å². The van der Waals surface area contributed by atoms with Gasteiger partial charge >= 0.3 is 0 Å². The number of aromatic nitrogens is 3. The molecule has 0 atom stereocenters. The van der Waals surface area contributed by atoms with Gasteiger partial charge in [0.1, 0.15) is 17.5 Å². The molecule has 11 nitrogen and oxygen atoms in total. The van der Waals surface area contributed by atoms with Crippen LogP contribution in [0.5, 0.6) is 0 Å². The first-order valence-corrected chi connectivity index (χ1v) is 10.1. The molecule has 3 rings (SSSR count). The second-order valence-corrected chi connectivity index (χ2v) is 8.15. The van der Waals surface area contributed by atoms with Crippen molar-refractivity contribution in [3.8, 4) is 0 Å². The molecule has 3 aromatic rings. The van der Waals surface area contributed by atoms with E-state index in [4.69, 9.17) is 9.56 Å². The minimum atomic E-state index is -3.94. The molecule has 3 heterocycles. The van der Waals surface area contributed by atoms with Gasteiger partial charge in [0.15, 0.2) is 5.03 Å². The van der Waals surface area contributed by atoms with Gasteiger partial charge in [-0.15, -0.1) is 0 Å². The number of nitrogens with two attached hydrogens (primary N) is 1. The Morgan fingerprint density at radius 3 is 2.62 bits per heavy atom. The summed E-state index contributed by atoms with van der Waals surface area (Å²) < 4.78 is 29.4. The molecule has 0 aliphatic rings. The summed E-state index contributed by atoms with van der Waals surface area (Å²) in [6, 6.07) is 2.51. The van der Waals surface area contributed by atoms with Crippen LogP contribution in [0.25, 0.3) is 11.1 Å². The normalized spacial score (nSPS) is 11.9. The van der Waals surface area contributed by atoms with Crippen molar-refractivity contribution < 1.29 is 17.6 Å². The SMILES string of the molecule is Cc1oc2ncn(CCN(C)C)c(=O)c2c1C(=O)Nc1ccc(S(N)(=O)=O)nc1. The van der Waals surface area contributed by atoms with Gasteiger partial charge in [-0.25, -0.2) is 23.5 Å². The largest absolute Gasteiger partial charge is 0.442 e. The second kappa shape index (κ2) is 7.73. The zero-order chi connectivity index (χ0) is 21.3. The number of sulfonamides is 1. The quantitative estimate of drug-likeness (QED) is 0.571. The van der Waals surface area contributed by atoms with Gasteiger partial charge in [0.25, 0.3) is 21.5 Å². The molecule has 1 amide bonds. The minimum absolute atomic E-state index is 0.0622. The standard InChI is InChI=1S/C17H20N6O5S/c1-10-13(15(24)21-11-4-5-12(19-8-11)29(18,26)27)14-16(28-10)20-9-23(17(14)25)7-6-22(2)3/h4-5,8-9H,6-7H2,1-3H3,(H,21,24)(H2,18,26,27). The smallest absolute Gasteiger partial charge is 0.265 e. The van der Waals surface area contributed by atoms with Crippen molar-refractivity contribution in [3.05, 3.63) is 46.3 Å². The lowest BCUT2D eigenvalue weighted by atomic mass is 10.1. The number of anilines is 1. The molecule has 0 fully saturated rings. The number of carbonyl (C=O) groups is 1. The zero-order valence-corrected chi connectivity index (χ0v) is 16.9. The molecule has 0 radical (unpaired) electrons. The third kappa shape index (κ3) is 4.34. The molecule has 0 aliphatic carbocycles. The molecule has 0 bridgehead atoms. The van der Waals surface area contributed by atoms with Gasteiger partial charge < -0.3 is 14.6 Å². The molecule has 3 aromatic heterocycles. The Morgan fingerprint density at radius 1 is 1.31 bits per heavy atom. The van der Waals surface area contributed by atoms with Crippen molar-refractivity contribution in [1.82, 2.24) is 19.4 Å². The van der Waals surface area contributed by atoms with Crippen molar-refractivity contribution in [1.29, 1.82) is 0 Å². The van der Waals surface area contributed by atoms with Crippen LogP contribution in [0.2, 0.25) is 0 Å². The molecule has 0 saturated heterocycles. The third-order valence-corrected chi connectivity index (χ3v) is 4.98. The minimum Gasteiger partial charge on any atom is -0.442 e. The number of hydrogen-bond donors (Lipinski definition) is 2. The van der Waals surface area contributed by atoms with Gasteiger partial charge in [0, 0.05) is 13.1 Å². The van der Waals surface area contributed by atoms with E-state index in [2.05, 4.69) is 15.3 Å². The highest BCUT2D eigenvalue weighted by Crippen LogP contribution is 2.22. The Labute approximate surface area is 166 Å². The molecule has 0 aliphatic heterocycles. The highest BCUT2D eigenvalue weighted by molar-refractivity contribution is 7.89. The lowest BCUT2D eigenvalue weighted by Crippen LogP contribution is -2.27. The van der Waals surface area contributed by atoms with E-state index in [9.17, 15) is 18.0 Å². The van der Waals surface area contributed by atoms with E-state index in [1.54, 1.807) is 6.92 Å². The average Bonchev–Trinajstić information content (AvgIpc) is 2.97. The Morgan fingerprint density at radius 2 is 2.03 bits per heavy atom. The van der Waals surface area contributed by atoms with Crippen molar-refractivity contribution in [2.24, 2.45) is 5.14 Å². The van der Waals surface area contributed by atoms with Crippen molar-refractivity contribution in [2.75, 3.05) is 26.0 Å². The second-order valence-electron chi connectivity index (χ2n) is 6.64. The van der Waals surface area contributed by atoms with Crippen LogP contribution in [0, 0.1) is 6.92 Å². The molecule has 12 heteroatoms. The van der Waals surface area contributed by atoms with E-state index in [-0.39, 0.29) is 38.7 Å². The summed E-state index contributed by atoms with van der Waals surface area (Å²) in [6.07, 6.45) is 2.54. The number of hydrogen-bond acceptors (Lipinski definition) is 8. The summed E-state index contributed by atoms with van der Waals surface area (Å²) in [4.78, 5) is 35.4. The number of amides is 1. The summed E-state index contributed by atoms with van der Waals surface area (Å²) in [5, 5.41) is 7.33. The van der Waals surface area contributed by atoms with Crippen LogP contribution in [-0.2, 0) is 16.6 Å². The van der Waals surface area contributed by atoms with E-state index in [1.165, 1.54) is 23.0 Å². The molecule has 0 saturated carbocycles. The zero-order valence-electron chi connectivity index (χ0n) is 16.0. The highest BCUT2D eigenvalue weighted by Gasteiger charge is 2.23. The summed E-state index contributed by atoms with van der Waals surface area (Å²) in [6.45, 7) is 2.58. The topological polar surface area (TPSA) is 153 Å². The molecule has 3 N–H and O–H groups in total. The monoisotopic (exact) mass is 420 g/mol. The molecule has 154 valence electrons. The molecule has 0 spiro atoms. The number of primary sulfonamides is 1. The Bertz CT molecular complexity index is 1230. The van der Waals surface area contributed by atoms with Crippen LogP contribution in [0.3, 0.4) is 0 Å². The van der Waals surface area contributed by atoms with Gasteiger partial charge in [-0.2, -0.15) is 0 Å². The maximum Gasteiger partial charge on any atom is 0.265 e. The number of likely N-dealkylation sites (N-methyl/N-ethyl adjacent to an activating group) is 1. The first-order chi connectivity index (χ1) is 13.6. The number of rotatable bonds is 6. The van der Waals surface area contributed by atoms with Crippen LogP contribution in [-0.4, -0.2) is 54.4 Å². The predicted molar refractivity (Wildman–Crippen MR) is 105 cm³/mol. The van der Waals surface area contributed by atoms with Crippen molar-refractivity contribution in [2.45, 2.75) is 18.5 Å². The lowest BCUT2D eigenvalue weighted by Gasteiger charge is -2.10. The maximum absolute atomic E-state index is 12.9. The Balaban J connectivity index is 1.96. The van der Waals surface area contributed by atoms with Gasteiger partial charge in [-0.1, -0.05) is 0 Å². The summed E-state index contributed by atoms with van der Waals surface area (Å²) in [5.41, 5.74) is -0.0248. The highest BCUT2D eigenvalue weighted by atomic mass is 32.2. The average molecular weight is 420 g/mol. The first-order valence-electron chi connectivity index (χ1n) is 8.51. The summed E-state index contributed by atoms with van der Waals surface area (Å²) in [7, 11) is -0.179. The fourth-order valence-corrected chi connectivity index (χ4v) is 3.15. The Kier molecular flexibility index (Phi) is 5.50. The lowest BCUT2D eigenvalue weighted by molar-refractivity contribution is 0.102. The third-order valence-electron chi connectivity index (χ3n) is 4.16. The maximum atomic E-state index is 12.9. The van der Waals surface area contributed by atoms with Crippen LogP contribution in [0.15, 0.2) is 38.9 Å². The van der Waals surface area contributed by atoms with Crippen LogP contribution >= 0.6 is 0 Å². The predicted octanol–water partition coefficient (Wildman–Crippen LogP) is 0.154. The summed E-state index contributed by atoms with van der Waals surface area (Å²) in [5.74, 6) is -0.364. The molecular formula is C17H20N6O5S. The number of pyridine rings is 1. The van der Waals surface area contributed by atoms with Gasteiger partial charge in [-0.3, -0.25) is 14.2 Å². The molecule has 29 heavy (non-hydrogen) atoms. The number of fused-ring (bicyclic) bond motifs is 1. The van der Waals surface area contributed by atoms with E-state index in [1.807, 2.05) is 19.0 Å². The van der Waals surface area contributed by atoms with Crippen molar-refractivity contribution in [3.63, 3.8) is 0 Å². The first kappa shape index (κ1) is 20.6. The number of aryl methyl sites for hydroxylation is 1. The van der Waals surface area contributed by atoms with E-state index in [0.717, 1.165) is 6.20 Å². The van der Waals surface area contributed by atoms with Crippen molar-refractivity contribution >= 4 is 32.7 Å². The number of nitrogens with zero attached hydrogens (tertiary/aromatic N) is 4. The van der Waals surface area contributed by atoms with Gasteiger partial charge in [0.2, 0.25) is 5.71 Å². The molecule has 0 unspecified atom stereocenters. The van der Waals surface area contributed by atoms with Gasteiger partial charge in [0.05, 0.1) is 17.4 Å². The fraction of sp³-hybridized carbons (Fsp3) is 0.294. The van der Waals surface area contributed by atoms with Crippen LogP contribution in [0.1, 0.15) is 16.1 Å². The van der Waals surface area contributed by atoms with Crippen LogP contribution in [0.4, 0.5) is 5.69 Å². The van der Waals surface area contributed by atoms with E-state index < -0.39 is 15.9 Å². The van der Waals surface area contributed by atoms with Gasteiger partial charge in [-0.05, 0) is 33.2 Å². The van der Waals surface area contributed by atoms with E-state index in [0.29, 0.717) is 13.1 Å². The van der Waals surface area contributed by atoms with Crippen LogP contribution < -0.4 is 16.0 Å². The Hall–Kier alpha value is -3.09. The number of carbonyl (C=O) groups excluding carboxylic acids is 1. The number of furan rings is 1. The summed E-state index contributed by atoms with van der Waals surface area (Å²) >= 11 is 0. The fourth-order valence-electron chi connectivity index (χ4n) is 2.69. The molecular weight excluding hydrogens is 400 g/mol. The number of nitrogens with one attached hydrogen (secondary N) is 1.